The van der Waals surface area contributed by atoms with Gasteiger partial charge in [-0.15, -0.1) is 0 Å². The Morgan fingerprint density at radius 3 is 2.67 bits per heavy atom. The quantitative estimate of drug-likeness (QED) is 0.749. The molecule has 1 aromatic heterocycles. The Hall–Kier alpha value is -1.91. The highest BCUT2D eigenvalue weighted by atomic mass is 32.2. The van der Waals surface area contributed by atoms with E-state index in [1.54, 1.807) is 0 Å². The number of para-hydroxylation sites is 1. The van der Waals surface area contributed by atoms with Crippen LogP contribution in [0.4, 0.5) is 0 Å². The van der Waals surface area contributed by atoms with E-state index in [0.717, 1.165) is 24.3 Å². The fourth-order valence-electron chi connectivity index (χ4n) is 3.69. The summed E-state index contributed by atoms with van der Waals surface area (Å²) in [4.78, 5) is 4.47. The smallest absolute Gasteiger partial charge is 0.128 e. The minimum absolute atomic E-state index is 0.170. The van der Waals surface area contributed by atoms with E-state index in [0.29, 0.717) is 0 Å². The van der Waals surface area contributed by atoms with Crippen LogP contribution in [0.2, 0.25) is 0 Å². The molecule has 2 unspecified atom stereocenters. The topological polar surface area (TPSA) is 36.1 Å². The standard InChI is InChI=1S/C20H22N2OS/c1-3-19-20-17(16-6-4-5-7-18(16)21-20)12-13-22(19)24(23)15-10-8-14(2)9-11-15/h4-11,19,21H,3,12-13H2,1-2H3. The molecule has 2 heterocycles. The maximum Gasteiger partial charge on any atom is 0.128 e. The Morgan fingerprint density at radius 2 is 1.92 bits per heavy atom. The first kappa shape index (κ1) is 15.6. The first-order valence-electron chi connectivity index (χ1n) is 8.53. The molecule has 4 rings (SSSR count). The van der Waals surface area contributed by atoms with E-state index >= 15 is 0 Å². The molecule has 3 aromatic rings. The van der Waals surface area contributed by atoms with Gasteiger partial charge in [0, 0.05) is 23.1 Å². The van der Waals surface area contributed by atoms with Gasteiger partial charge < -0.3 is 4.98 Å². The summed E-state index contributed by atoms with van der Waals surface area (Å²) in [6.07, 6.45) is 1.88. The summed E-state index contributed by atoms with van der Waals surface area (Å²) in [6.45, 7) is 5.05. The van der Waals surface area contributed by atoms with Crippen LogP contribution in [-0.2, 0) is 17.4 Å². The molecule has 4 heteroatoms. The molecule has 0 fully saturated rings. The summed E-state index contributed by atoms with van der Waals surface area (Å²) in [7, 11) is -1.12. The third-order valence-corrected chi connectivity index (χ3v) is 6.47. The Kier molecular flexibility index (Phi) is 4.02. The van der Waals surface area contributed by atoms with Crippen molar-refractivity contribution in [3.8, 4) is 0 Å². The van der Waals surface area contributed by atoms with Gasteiger partial charge in [0.25, 0.3) is 0 Å². The number of benzene rings is 2. The van der Waals surface area contributed by atoms with Gasteiger partial charge in [-0.25, -0.2) is 8.51 Å². The molecule has 124 valence electrons. The van der Waals surface area contributed by atoms with Gasteiger partial charge >= 0.3 is 0 Å². The highest BCUT2D eigenvalue weighted by Crippen LogP contribution is 2.37. The van der Waals surface area contributed by atoms with Gasteiger partial charge in [-0.3, -0.25) is 0 Å². The molecular weight excluding hydrogens is 316 g/mol. The maximum absolute atomic E-state index is 13.1. The molecule has 0 saturated heterocycles. The number of fused-ring (bicyclic) bond motifs is 3. The average molecular weight is 338 g/mol. The van der Waals surface area contributed by atoms with Crippen LogP contribution in [0, 0.1) is 6.92 Å². The summed E-state index contributed by atoms with van der Waals surface area (Å²) in [5.41, 5.74) is 5.02. The second-order valence-electron chi connectivity index (χ2n) is 6.44. The van der Waals surface area contributed by atoms with Gasteiger partial charge in [-0.05, 0) is 43.5 Å². The van der Waals surface area contributed by atoms with Crippen LogP contribution in [-0.4, -0.2) is 20.0 Å². The van der Waals surface area contributed by atoms with Gasteiger partial charge in [0.15, 0.2) is 0 Å². The molecule has 0 amide bonds. The molecule has 2 aromatic carbocycles. The number of aryl methyl sites for hydroxylation is 1. The summed E-state index contributed by atoms with van der Waals surface area (Å²) in [5, 5.41) is 1.31. The van der Waals surface area contributed by atoms with E-state index in [4.69, 9.17) is 0 Å². The molecule has 1 aliphatic heterocycles. The normalized spacial score (nSPS) is 19.3. The number of aromatic amines is 1. The molecule has 0 radical (unpaired) electrons. The predicted octanol–water partition coefficient (Wildman–Crippen LogP) is 4.51. The second-order valence-corrected chi connectivity index (χ2v) is 7.88. The van der Waals surface area contributed by atoms with Crippen molar-refractivity contribution in [1.29, 1.82) is 0 Å². The average Bonchev–Trinajstić information content (AvgIpc) is 2.99. The third kappa shape index (κ3) is 2.50. The SMILES string of the molecule is CCC1c2[nH]c3ccccc3c2CCN1S(=O)c1ccc(C)cc1. The summed E-state index contributed by atoms with van der Waals surface area (Å²) >= 11 is 0. The minimum Gasteiger partial charge on any atom is -0.357 e. The number of hydrogen-bond acceptors (Lipinski definition) is 1. The first-order valence-corrected chi connectivity index (χ1v) is 9.64. The number of H-pyrrole nitrogens is 1. The van der Waals surface area contributed by atoms with Gasteiger partial charge in [-0.2, -0.15) is 0 Å². The zero-order valence-corrected chi connectivity index (χ0v) is 14.9. The van der Waals surface area contributed by atoms with E-state index in [9.17, 15) is 4.21 Å². The summed E-state index contributed by atoms with van der Waals surface area (Å²) < 4.78 is 15.3. The lowest BCUT2D eigenvalue weighted by Crippen LogP contribution is -2.36. The van der Waals surface area contributed by atoms with E-state index in [2.05, 4.69) is 47.4 Å². The Morgan fingerprint density at radius 1 is 1.17 bits per heavy atom. The largest absolute Gasteiger partial charge is 0.357 e. The molecule has 0 bridgehead atoms. The molecule has 2 atom stereocenters. The van der Waals surface area contributed by atoms with Gasteiger partial charge in [-0.1, -0.05) is 42.8 Å². The van der Waals surface area contributed by atoms with Crippen LogP contribution in [0.3, 0.4) is 0 Å². The van der Waals surface area contributed by atoms with Crippen molar-refractivity contribution in [3.05, 3.63) is 65.4 Å². The fraction of sp³-hybridized carbons (Fsp3) is 0.300. The summed E-state index contributed by atoms with van der Waals surface area (Å²) in [5.74, 6) is 0. The molecule has 0 saturated carbocycles. The van der Waals surface area contributed by atoms with Crippen LogP contribution in [0.5, 0.6) is 0 Å². The zero-order chi connectivity index (χ0) is 16.7. The number of nitrogens with one attached hydrogen (secondary N) is 1. The van der Waals surface area contributed by atoms with Crippen molar-refractivity contribution in [2.75, 3.05) is 6.54 Å². The fourth-order valence-corrected chi connectivity index (χ4v) is 5.08. The van der Waals surface area contributed by atoms with Crippen molar-refractivity contribution in [2.24, 2.45) is 0 Å². The Balaban J connectivity index is 1.73. The summed E-state index contributed by atoms with van der Waals surface area (Å²) in [6, 6.07) is 16.7. The van der Waals surface area contributed by atoms with Crippen molar-refractivity contribution in [3.63, 3.8) is 0 Å². The highest BCUT2D eigenvalue weighted by molar-refractivity contribution is 7.82. The van der Waals surface area contributed by atoms with E-state index < -0.39 is 11.0 Å². The van der Waals surface area contributed by atoms with Gasteiger partial charge in [0.2, 0.25) is 0 Å². The lowest BCUT2D eigenvalue weighted by atomic mass is 9.98. The number of nitrogens with zero attached hydrogens (tertiary/aromatic N) is 1. The molecule has 1 aliphatic rings. The van der Waals surface area contributed by atoms with Crippen LogP contribution in [0.1, 0.15) is 36.2 Å². The van der Waals surface area contributed by atoms with E-state index in [-0.39, 0.29) is 6.04 Å². The molecule has 24 heavy (non-hydrogen) atoms. The van der Waals surface area contributed by atoms with Crippen LogP contribution >= 0.6 is 0 Å². The predicted molar refractivity (Wildman–Crippen MR) is 99.3 cm³/mol. The van der Waals surface area contributed by atoms with Crippen LogP contribution in [0.15, 0.2) is 53.4 Å². The Bertz CT molecular complexity index is 898. The lowest BCUT2D eigenvalue weighted by molar-refractivity contribution is 0.313. The van der Waals surface area contributed by atoms with Crippen LogP contribution < -0.4 is 0 Å². The molecule has 1 N–H and O–H groups in total. The van der Waals surface area contributed by atoms with Crippen molar-refractivity contribution in [1.82, 2.24) is 9.29 Å². The molecular formula is C20H22N2OS. The van der Waals surface area contributed by atoms with Gasteiger partial charge in [0.05, 0.1) is 10.9 Å². The second kappa shape index (κ2) is 6.19. The lowest BCUT2D eigenvalue weighted by Gasteiger charge is -2.34. The van der Waals surface area contributed by atoms with E-state index in [1.807, 2.05) is 24.3 Å². The van der Waals surface area contributed by atoms with Crippen molar-refractivity contribution >= 4 is 21.9 Å². The third-order valence-electron chi connectivity index (χ3n) is 4.93. The van der Waals surface area contributed by atoms with E-state index in [1.165, 1.54) is 27.7 Å². The van der Waals surface area contributed by atoms with Crippen molar-refractivity contribution in [2.45, 2.75) is 37.6 Å². The molecule has 3 nitrogen and oxygen atoms in total. The number of aromatic nitrogens is 1. The zero-order valence-electron chi connectivity index (χ0n) is 14.1. The maximum atomic E-state index is 13.1. The molecule has 0 spiro atoms. The van der Waals surface area contributed by atoms with Gasteiger partial charge in [0.1, 0.15) is 11.0 Å². The number of rotatable bonds is 3. The highest BCUT2D eigenvalue weighted by Gasteiger charge is 2.32. The van der Waals surface area contributed by atoms with Crippen LogP contribution in [0.25, 0.3) is 10.9 Å². The first-order chi connectivity index (χ1) is 11.7. The monoisotopic (exact) mass is 338 g/mol. The number of hydrogen-bond donors (Lipinski definition) is 1. The molecule has 0 aliphatic carbocycles. The minimum atomic E-state index is -1.12. The van der Waals surface area contributed by atoms with Crippen molar-refractivity contribution < 1.29 is 4.21 Å². The Labute approximate surface area is 145 Å².